The van der Waals surface area contributed by atoms with Gasteiger partial charge < -0.3 is 20.5 Å². The van der Waals surface area contributed by atoms with Crippen LogP contribution in [0.4, 0.5) is 4.79 Å². The van der Waals surface area contributed by atoms with Crippen molar-refractivity contribution in [2.24, 2.45) is 5.92 Å². The lowest BCUT2D eigenvalue weighted by molar-refractivity contribution is -0.142. The number of fused-ring (bicyclic) bond motifs is 3. The summed E-state index contributed by atoms with van der Waals surface area (Å²) in [7, 11) is 0. The van der Waals surface area contributed by atoms with Crippen molar-refractivity contribution in [2.75, 3.05) is 18.6 Å². The topological polar surface area (TPSA) is 105 Å². The highest BCUT2D eigenvalue weighted by atomic mass is 32.2. The molecule has 2 atom stereocenters. The van der Waals surface area contributed by atoms with Gasteiger partial charge in [-0.1, -0.05) is 48.5 Å². The predicted octanol–water partition coefficient (Wildman–Crippen LogP) is 4.41. The van der Waals surface area contributed by atoms with Crippen molar-refractivity contribution in [1.29, 1.82) is 0 Å². The number of carboxylic acids is 1. The summed E-state index contributed by atoms with van der Waals surface area (Å²) in [6.45, 7) is 2.03. The number of carbonyl (C=O) groups is 3. The minimum absolute atomic E-state index is 0.00487. The van der Waals surface area contributed by atoms with Gasteiger partial charge in [-0.05, 0) is 66.4 Å². The van der Waals surface area contributed by atoms with Gasteiger partial charge in [0.05, 0.1) is 5.54 Å². The third-order valence-electron chi connectivity index (χ3n) is 6.98. The number of alkyl carbamates (subject to hydrolysis) is 1. The maximum Gasteiger partial charge on any atom is 0.407 e. The molecule has 2 aliphatic rings. The van der Waals surface area contributed by atoms with Crippen LogP contribution in [0.1, 0.15) is 49.7 Å². The van der Waals surface area contributed by atoms with Crippen molar-refractivity contribution in [1.82, 2.24) is 10.6 Å². The Morgan fingerprint density at radius 2 is 1.69 bits per heavy atom. The zero-order valence-corrected chi connectivity index (χ0v) is 20.9. The summed E-state index contributed by atoms with van der Waals surface area (Å²) in [6, 6.07) is 15.4. The number of aliphatic carboxylic acids is 1. The van der Waals surface area contributed by atoms with Gasteiger partial charge in [-0.25, -0.2) is 9.59 Å². The molecular weight excluding hydrogens is 464 g/mol. The number of hydrogen-bond acceptors (Lipinski definition) is 5. The normalized spacial score (nSPS) is 17.0. The minimum atomic E-state index is -1.05. The van der Waals surface area contributed by atoms with Gasteiger partial charge in [-0.2, -0.15) is 11.8 Å². The molecule has 2 unspecified atom stereocenters. The molecule has 0 bridgehead atoms. The van der Waals surface area contributed by atoms with E-state index in [1.165, 1.54) is 11.8 Å². The number of amides is 2. The van der Waals surface area contributed by atoms with Crippen LogP contribution in [0.3, 0.4) is 0 Å². The molecule has 35 heavy (non-hydrogen) atoms. The third kappa shape index (κ3) is 5.81. The molecule has 2 aliphatic carbocycles. The van der Waals surface area contributed by atoms with E-state index >= 15 is 0 Å². The molecule has 2 aromatic rings. The average molecular weight is 497 g/mol. The number of thioether (sulfide) groups is 1. The highest BCUT2D eigenvalue weighted by Gasteiger charge is 2.45. The zero-order valence-electron chi connectivity index (χ0n) is 20.1. The number of ether oxygens (including phenoxy) is 1. The second-order valence-electron chi connectivity index (χ2n) is 9.56. The second-order valence-corrected chi connectivity index (χ2v) is 10.5. The fourth-order valence-electron chi connectivity index (χ4n) is 4.95. The monoisotopic (exact) mass is 496 g/mol. The summed E-state index contributed by atoms with van der Waals surface area (Å²) < 4.78 is 5.69. The molecule has 0 heterocycles. The van der Waals surface area contributed by atoms with E-state index in [0.29, 0.717) is 12.2 Å². The standard InChI is InChI=1S/C27H32N2O5S/c1-27(17-11-12-17,15-24(30)28-23(25(31)32)13-14-35-2)29-26(33)34-16-22-20-9-5-3-7-18(20)19-8-4-6-10-21(19)22/h3-10,17,22-23H,11-16H2,1-2H3,(H,28,30)(H,29,33)(H,31,32). The molecule has 0 aromatic heterocycles. The molecule has 1 fully saturated rings. The lowest BCUT2D eigenvalue weighted by atomic mass is 9.91. The Kier molecular flexibility index (Phi) is 7.69. The van der Waals surface area contributed by atoms with Crippen LogP contribution in [0.2, 0.25) is 0 Å². The Bertz CT molecular complexity index is 1060. The van der Waals surface area contributed by atoms with E-state index in [-0.39, 0.29) is 30.8 Å². The number of rotatable bonds is 11. The van der Waals surface area contributed by atoms with Crippen LogP contribution in [0.5, 0.6) is 0 Å². The van der Waals surface area contributed by atoms with Gasteiger partial charge in [0, 0.05) is 12.3 Å². The lowest BCUT2D eigenvalue weighted by Gasteiger charge is -2.31. The Morgan fingerprint density at radius 1 is 1.09 bits per heavy atom. The second kappa shape index (κ2) is 10.7. The summed E-state index contributed by atoms with van der Waals surface area (Å²) >= 11 is 1.53. The summed E-state index contributed by atoms with van der Waals surface area (Å²) in [5.74, 6) is -0.689. The van der Waals surface area contributed by atoms with E-state index in [9.17, 15) is 19.5 Å². The first-order chi connectivity index (χ1) is 16.8. The highest BCUT2D eigenvalue weighted by Crippen LogP contribution is 2.45. The largest absolute Gasteiger partial charge is 0.480 e. The quantitative estimate of drug-likeness (QED) is 0.426. The molecule has 3 N–H and O–H groups in total. The molecule has 8 heteroatoms. The van der Waals surface area contributed by atoms with Crippen LogP contribution in [-0.4, -0.2) is 53.3 Å². The van der Waals surface area contributed by atoms with Crippen LogP contribution >= 0.6 is 11.8 Å². The highest BCUT2D eigenvalue weighted by molar-refractivity contribution is 7.98. The first kappa shape index (κ1) is 25.1. The molecule has 4 rings (SSSR count). The SMILES string of the molecule is CSCCC(NC(=O)CC(C)(NC(=O)OCC1c2ccccc2-c2ccccc21)C1CC1)C(=O)O. The molecule has 0 saturated heterocycles. The van der Waals surface area contributed by atoms with Gasteiger partial charge in [0.15, 0.2) is 0 Å². The van der Waals surface area contributed by atoms with E-state index in [4.69, 9.17) is 4.74 Å². The molecule has 7 nitrogen and oxygen atoms in total. The van der Waals surface area contributed by atoms with Crippen molar-refractivity contribution in [3.8, 4) is 11.1 Å². The summed E-state index contributed by atoms with van der Waals surface area (Å²) in [6.07, 6.45) is 3.49. The van der Waals surface area contributed by atoms with E-state index in [0.717, 1.165) is 35.1 Å². The summed E-state index contributed by atoms with van der Waals surface area (Å²) in [5, 5.41) is 15.0. The fourth-order valence-corrected chi connectivity index (χ4v) is 5.42. The van der Waals surface area contributed by atoms with Gasteiger partial charge in [-0.15, -0.1) is 0 Å². The molecule has 1 saturated carbocycles. The molecule has 2 aromatic carbocycles. The van der Waals surface area contributed by atoms with E-state index in [1.807, 2.05) is 37.4 Å². The van der Waals surface area contributed by atoms with Crippen LogP contribution in [0.25, 0.3) is 11.1 Å². The number of benzene rings is 2. The van der Waals surface area contributed by atoms with Crippen LogP contribution in [0, 0.1) is 5.92 Å². The maximum atomic E-state index is 12.9. The molecule has 186 valence electrons. The fraction of sp³-hybridized carbons (Fsp3) is 0.444. The van der Waals surface area contributed by atoms with E-state index < -0.39 is 23.6 Å². The molecule has 0 aliphatic heterocycles. The van der Waals surface area contributed by atoms with Gasteiger partial charge in [0.1, 0.15) is 12.6 Å². The molecule has 2 amide bonds. The zero-order chi connectivity index (χ0) is 25.0. The van der Waals surface area contributed by atoms with Crippen molar-refractivity contribution >= 4 is 29.7 Å². The summed E-state index contributed by atoms with van der Waals surface area (Å²) in [5.41, 5.74) is 3.79. The number of nitrogens with one attached hydrogen (secondary N) is 2. The molecule has 0 spiro atoms. The van der Waals surface area contributed by atoms with E-state index in [1.54, 1.807) is 0 Å². The first-order valence-electron chi connectivity index (χ1n) is 12.0. The van der Waals surface area contributed by atoms with Crippen molar-refractivity contribution in [3.63, 3.8) is 0 Å². The Hall–Kier alpha value is -3.00. The van der Waals surface area contributed by atoms with Gasteiger partial charge in [0.2, 0.25) is 5.91 Å². The Balaban J connectivity index is 1.38. The van der Waals surface area contributed by atoms with Crippen molar-refractivity contribution < 1.29 is 24.2 Å². The Labute approximate surface area is 210 Å². The smallest absolute Gasteiger partial charge is 0.407 e. The van der Waals surface area contributed by atoms with Gasteiger partial charge in [0.25, 0.3) is 0 Å². The molecular formula is C27H32N2O5S. The number of carbonyl (C=O) groups excluding carboxylic acids is 2. The number of hydrogen-bond donors (Lipinski definition) is 3. The van der Waals surface area contributed by atoms with Crippen molar-refractivity contribution in [2.45, 2.75) is 50.1 Å². The first-order valence-corrected chi connectivity index (χ1v) is 13.4. The predicted molar refractivity (Wildman–Crippen MR) is 137 cm³/mol. The Morgan fingerprint density at radius 3 is 2.23 bits per heavy atom. The van der Waals surface area contributed by atoms with Gasteiger partial charge >= 0.3 is 12.1 Å². The lowest BCUT2D eigenvalue weighted by Crippen LogP contribution is -2.52. The van der Waals surface area contributed by atoms with E-state index in [2.05, 4.69) is 34.9 Å². The van der Waals surface area contributed by atoms with Crippen LogP contribution < -0.4 is 10.6 Å². The minimum Gasteiger partial charge on any atom is -0.480 e. The maximum absolute atomic E-state index is 12.9. The van der Waals surface area contributed by atoms with Crippen LogP contribution in [0.15, 0.2) is 48.5 Å². The van der Waals surface area contributed by atoms with Crippen LogP contribution in [-0.2, 0) is 14.3 Å². The number of carboxylic acid groups (broad SMARTS) is 1. The molecule has 0 radical (unpaired) electrons. The summed E-state index contributed by atoms with van der Waals surface area (Å²) in [4.78, 5) is 37.1. The average Bonchev–Trinajstić information content (AvgIpc) is 3.64. The van der Waals surface area contributed by atoms with Gasteiger partial charge in [-0.3, -0.25) is 4.79 Å². The third-order valence-corrected chi connectivity index (χ3v) is 7.63. The van der Waals surface area contributed by atoms with Crippen molar-refractivity contribution in [3.05, 3.63) is 59.7 Å².